The minimum atomic E-state index is 0.302. The minimum Gasteiger partial charge on any atom is -0.104 e. The van der Waals surface area contributed by atoms with Gasteiger partial charge >= 0.3 is 0 Å². The summed E-state index contributed by atoms with van der Waals surface area (Å²) in [7, 11) is 0.302. The summed E-state index contributed by atoms with van der Waals surface area (Å²) in [4.78, 5) is 0. The predicted molar refractivity (Wildman–Crippen MR) is 131 cm³/mol. The van der Waals surface area contributed by atoms with Crippen molar-refractivity contribution in [1.82, 2.24) is 0 Å². The molecule has 0 amide bonds. The van der Waals surface area contributed by atoms with E-state index in [1.807, 2.05) is 0 Å². The van der Waals surface area contributed by atoms with Gasteiger partial charge in [0.05, 0.1) is 0 Å². The van der Waals surface area contributed by atoms with E-state index in [-0.39, 0.29) is 0 Å². The zero-order valence-corrected chi connectivity index (χ0v) is 20.8. The third kappa shape index (κ3) is 18.2. The Morgan fingerprint density at radius 1 is 0.444 bits per heavy atom. The zero-order chi connectivity index (χ0) is 20.0. The number of unbranched alkanes of at least 4 members (excludes halogenated alkanes) is 14. The van der Waals surface area contributed by atoms with Crippen molar-refractivity contribution in [2.45, 2.75) is 155 Å². The summed E-state index contributed by atoms with van der Waals surface area (Å²) >= 11 is 0. The summed E-state index contributed by atoms with van der Waals surface area (Å²) < 4.78 is 0. The van der Waals surface area contributed by atoms with E-state index in [4.69, 9.17) is 0 Å². The Morgan fingerprint density at radius 2 is 0.815 bits per heavy atom. The van der Waals surface area contributed by atoms with Crippen LogP contribution in [0.5, 0.6) is 0 Å². The van der Waals surface area contributed by atoms with Crippen LogP contribution in [-0.4, -0.2) is 18.0 Å². The van der Waals surface area contributed by atoms with E-state index in [1.165, 1.54) is 122 Å². The van der Waals surface area contributed by atoms with Gasteiger partial charge in [-0.15, -0.1) is 7.92 Å². The Labute approximate surface area is 175 Å². The lowest BCUT2D eigenvalue weighted by Gasteiger charge is -2.27. The molecular formula is C26H55P. The van der Waals surface area contributed by atoms with Crippen LogP contribution in [0.2, 0.25) is 0 Å². The maximum absolute atomic E-state index is 2.48. The maximum atomic E-state index is 2.48. The van der Waals surface area contributed by atoms with Crippen molar-refractivity contribution in [3.63, 3.8) is 0 Å². The lowest BCUT2D eigenvalue weighted by atomic mass is 10.1. The van der Waals surface area contributed by atoms with Gasteiger partial charge in [0.25, 0.3) is 0 Å². The summed E-state index contributed by atoms with van der Waals surface area (Å²) in [6, 6.07) is 0. The van der Waals surface area contributed by atoms with E-state index in [0.29, 0.717) is 7.92 Å². The SMILES string of the molecule is CCCCCCCCP(CCCCCCCC)C(CC)CCCCCCC. The van der Waals surface area contributed by atoms with Gasteiger partial charge in [0.1, 0.15) is 0 Å². The Hall–Kier alpha value is 0.430. The molecule has 0 nitrogen and oxygen atoms in total. The first-order valence-electron chi connectivity index (χ1n) is 13.0. The first kappa shape index (κ1) is 27.4. The van der Waals surface area contributed by atoms with Crippen LogP contribution in [0.15, 0.2) is 0 Å². The molecule has 0 saturated heterocycles. The fourth-order valence-electron chi connectivity index (χ4n) is 4.30. The summed E-state index contributed by atoms with van der Waals surface area (Å²) in [6.45, 7) is 9.46. The zero-order valence-electron chi connectivity index (χ0n) is 19.9. The van der Waals surface area contributed by atoms with Gasteiger partial charge in [-0.2, -0.15) is 0 Å². The molecule has 0 aliphatic rings. The van der Waals surface area contributed by atoms with Crippen molar-refractivity contribution < 1.29 is 0 Å². The molecule has 0 fully saturated rings. The van der Waals surface area contributed by atoms with Crippen molar-refractivity contribution in [3.8, 4) is 0 Å². The average Bonchev–Trinajstić information content (AvgIpc) is 2.68. The third-order valence-electron chi connectivity index (χ3n) is 6.23. The van der Waals surface area contributed by atoms with Gasteiger partial charge in [0.2, 0.25) is 0 Å². The molecule has 1 heteroatoms. The Balaban J connectivity index is 4.18. The maximum Gasteiger partial charge on any atom is -0.0212 e. The Bertz CT molecular complexity index is 247. The average molecular weight is 399 g/mol. The van der Waals surface area contributed by atoms with E-state index < -0.39 is 0 Å². The van der Waals surface area contributed by atoms with Crippen LogP contribution < -0.4 is 0 Å². The first-order valence-corrected chi connectivity index (χ1v) is 14.8. The van der Waals surface area contributed by atoms with Crippen molar-refractivity contribution >= 4 is 7.92 Å². The molecule has 0 bridgehead atoms. The molecule has 0 aromatic heterocycles. The molecule has 0 N–H and O–H groups in total. The number of hydrogen-bond donors (Lipinski definition) is 0. The molecule has 0 aromatic rings. The third-order valence-corrected chi connectivity index (χ3v) is 9.66. The summed E-state index contributed by atoms with van der Waals surface area (Å²) in [5, 5.41) is 0. The van der Waals surface area contributed by atoms with Gasteiger partial charge in [-0.05, 0) is 43.7 Å². The minimum absolute atomic E-state index is 0.302. The van der Waals surface area contributed by atoms with Crippen LogP contribution in [0.3, 0.4) is 0 Å². The lowest BCUT2D eigenvalue weighted by Crippen LogP contribution is -2.09. The van der Waals surface area contributed by atoms with Crippen LogP contribution in [0.4, 0.5) is 0 Å². The lowest BCUT2D eigenvalue weighted by molar-refractivity contribution is 0.584. The topological polar surface area (TPSA) is 0 Å². The number of rotatable bonds is 22. The molecule has 0 saturated carbocycles. The highest BCUT2D eigenvalue weighted by atomic mass is 31.1. The van der Waals surface area contributed by atoms with E-state index in [0.717, 1.165) is 5.66 Å². The van der Waals surface area contributed by atoms with Crippen LogP contribution in [0.25, 0.3) is 0 Å². The Morgan fingerprint density at radius 3 is 1.22 bits per heavy atom. The van der Waals surface area contributed by atoms with Gasteiger partial charge in [-0.1, -0.05) is 124 Å². The van der Waals surface area contributed by atoms with Crippen LogP contribution in [0, 0.1) is 0 Å². The van der Waals surface area contributed by atoms with Crippen molar-refractivity contribution in [2.24, 2.45) is 0 Å². The fraction of sp³-hybridized carbons (Fsp3) is 1.00. The van der Waals surface area contributed by atoms with E-state index >= 15 is 0 Å². The largest absolute Gasteiger partial charge is 0.104 e. The second-order valence-electron chi connectivity index (χ2n) is 8.84. The van der Waals surface area contributed by atoms with Gasteiger partial charge in [-0.25, -0.2) is 0 Å². The van der Waals surface area contributed by atoms with Gasteiger partial charge < -0.3 is 0 Å². The highest BCUT2D eigenvalue weighted by molar-refractivity contribution is 7.58. The van der Waals surface area contributed by atoms with Crippen molar-refractivity contribution in [3.05, 3.63) is 0 Å². The molecule has 0 rings (SSSR count). The van der Waals surface area contributed by atoms with Gasteiger partial charge in [0, 0.05) is 0 Å². The number of hydrogen-bond acceptors (Lipinski definition) is 0. The molecule has 0 aromatic carbocycles. The standard InChI is InChI=1S/C26H55P/c1-5-9-12-15-18-21-24-27(25-22-19-16-13-10-6-2)26(8-4)23-20-17-14-11-7-3/h26H,5-25H2,1-4H3. The van der Waals surface area contributed by atoms with Crippen LogP contribution in [-0.2, 0) is 0 Å². The fourth-order valence-corrected chi connectivity index (χ4v) is 7.57. The molecule has 0 aliphatic heterocycles. The molecule has 0 spiro atoms. The monoisotopic (exact) mass is 398 g/mol. The van der Waals surface area contributed by atoms with Crippen molar-refractivity contribution in [2.75, 3.05) is 12.3 Å². The smallest absolute Gasteiger partial charge is 0.0212 e. The summed E-state index contributed by atoms with van der Waals surface area (Å²) in [5.41, 5.74) is 1.08. The molecule has 1 unspecified atom stereocenters. The van der Waals surface area contributed by atoms with E-state index in [1.54, 1.807) is 12.3 Å². The van der Waals surface area contributed by atoms with E-state index in [9.17, 15) is 0 Å². The molecule has 0 aliphatic carbocycles. The second kappa shape index (κ2) is 22.7. The molecule has 0 heterocycles. The van der Waals surface area contributed by atoms with Crippen molar-refractivity contribution in [1.29, 1.82) is 0 Å². The summed E-state index contributed by atoms with van der Waals surface area (Å²) in [6.07, 6.45) is 31.1. The molecule has 27 heavy (non-hydrogen) atoms. The van der Waals surface area contributed by atoms with E-state index in [2.05, 4.69) is 27.7 Å². The van der Waals surface area contributed by atoms with Gasteiger partial charge in [-0.3, -0.25) is 0 Å². The molecular weight excluding hydrogens is 343 g/mol. The highest BCUT2D eigenvalue weighted by Crippen LogP contribution is 2.47. The van der Waals surface area contributed by atoms with Crippen LogP contribution in [0.1, 0.15) is 150 Å². The predicted octanol–water partition coefficient (Wildman–Crippen LogP) is 10.3. The molecule has 164 valence electrons. The first-order chi connectivity index (χ1) is 13.3. The second-order valence-corrected chi connectivity index (χ2v) is 11.6. The summed E-state index contributed by atoms with van der Waals surface area (Å²) in [5.74, 6) is 0. The molecule has 1 atom stereocenters. The van der Waals surface area contributed by atoms with Crippen LogP contribution >= 0.6 is 7.92 Å². The normalized spacial score (nSPS) is 12.8. The quantitative estimate of drug-likeness (QED) is 0.126. The highest BCUT2D eigenvalue weighted by Gasteiger charge is 2.18. The molecule has 0 radical (unpaired) electrons. The Kier molecular flexibility index (Phi) is 23.1. The van der Waals surface area contributed by atoms with Gasteiger partial charge in [0.15, 0.2) is 0 Å².